The van der Waals surface area contributed by atoms with Gasteiger partial charge in [0.05, 0.1) is 10.2 Å². The summed E-state index contributed by atoms with van der Waals surface area (Å²) in [5.41, 5.74) is 2.43. The number of fused-ring (bicyclic) bond motifs is 1. The molecule has 28 heavy (non-hydrogen) atoms. The highest BCUT2D eigenvalue weighted by Gasteiger charge is 2.08. The van der Waals surface area contributed by atoms with Gasteiger partial charge in [-0.05, 0) is 42.1 Å². The molecule has 0 aliphatic heterocycles. The standard InChI is InChI=1S/C20H18N4O2S2/c1-2-17(25)24-20-22-15-10-9-14(12-16(15)28-20)21-19(27)23-18(26)11-8-13-6-4-3-5-7-13/h3-12H,2H2,1H3,(H,22,24,25)(H2,21,23,26,27)/b11-8+. The lowest BCUT2D eigenvalue weighted by atomic mass is 10.2. The molecule has 2 amide bonds. The number of hydrogen-bond acceptors (Lipinski definition) is 5. The van der Waals surface area contributed by atoms with Gasteiger partial charge in [0.2, 0.25) is 11.8 Å². The molecule has 8 heteroatoms. The van der Waals surface area contributed by atoms with Crippen LogP contribution >= 0.6 is 23.6 Å². The number of thiocarbonyl (C=S) groups is 1. The lowest BCUT2D eigenvalue weighted by Gasteiger charge is -2.07. The van der Waals surface area contributed by atoms with Crippen LogP contribution in [-0.4, -0.2) is 21.9 Å². The number of rotatable bonds is 5. The fraction of sp³-hybridized carbons (Fsp3) is 0.100. The van der Waals surface area contributed by atoms with Gasteiger partial charge in [-0.2, -0.15) is 0 Å². The van der Waals surface area contributed by atoms with Crippen LogP contribution in [-0.2, 0) is 9.59 Å². The third-order valence-corrected chi connectivity index (χ3v) is 4.81. The van der Waals surface area contributed by atoms with Crippen molar-refractivity contribution in [1.82, 2.24) is 10.3 Å². The van der Waals surface area contributed by atoms with Crippen molar-refractivity contribution >= 4 is 67.6 Å². The SMILES string of the molecule is CCC(=O)Nc1nc2ccc(NC(=S)NC(=O)/C=C/c3ccccc3)cc2s1. The molecule has 0 spiro atoms. The number of nitrogens with zero attached hydrogens (tertiary/aromatic N) is 1. The van der Waals surface area contributed by atoms with E-state index >= 15 is 0 Å². The molecule has 6 nitrogen and oxygen atoms in total. The molecule has 3 N–H and O–H groups in total. The number of anilines is 2. The molecule has 142 valence electrons. The second kappa shape index (κ2) is 9.20. The molecule has 0 saturated carbocycles. The van der Waals surface area contributed by atoms with E-state index in [1.807, 2.05) is 48.5 Å². The smallest absolute Gasteiger partial charge is 0.250 e. The first kappa shape index (κ1) is 19.7. The number of nitrogens with one attached hydrogen (secondary N) is 3. The second-order valence-electron chi connectivity index (χ2n) is 5.79. The van der Waals surface area contributed by atoms with Crippen molar-refractivity contribution in [3.63, 3.8) is 0 Å². The molecular formula is C20H18N4O2S2. The van der Waals surface area contributed by atoms with Crippen LogP contribution in [0.15, 0.2) is 54.6 Å². The van der Waals surface area contributed by atoms with E-state index in [0.717, 1.165) is 21.5 Å². The Morgan fingerprint density at radius 1 is 1.14 bits per heavy atom. The molecule has 2 aromatic carbocycles. The molecule has 0 radical (unpaired) electrons. The van der Waals surface area contributed by atoms with Crippen LogP contribution in [0.1, 0.15) is 18.9 Å². The minimum Gasteiger partial charge on any atom is -0.332 e. The Bertz CT molecular complexity index is 1040. The van der Waals surface area contributed by atoms with Crippen molar-refractivity contribution in [2.24, 2.45) is 0 Å². The van der Waals surface area contributed by atoms with Crippen molar-refractivity contribution in [2.45, 2.75) is 13.3 Å². The molecule has 1 heterocycles. The van der Waals surface area contributed by atoms with Gasteiger partial charge >= 0.3 is 0 Å². The topological polar surface area (TPSA) is 83.1 Å². The Morgan fingerprint density at radius 2 is 1.93 bits per heavy atom. The Balaban J connectivity index is 1.60. The minimum absolute atomic E-state index is 0.0788. The molecule has 0 fully saturated rings. The minimum atomic E-state index is -0.315. The van der Waals surface area contributed by atoms with Gasteiger partial charge in [-0.3, -0.25) is 14.9 Å². The molecule has 0 aliphatic rings. The summed E-state index contributed by atoms with van der Waals surface area (Å²) < 4.78 is 0.898. The summed E-state index contributed by atoms with van der Waals surface area (Å²) in [5, 5.41) is 9.10. The quantitative estimate of drug-likeness (QED) is 0.434. The van der Waals surface area contributed by atoms with E-state index in [-0.39, 0.29) is 16.9 Å². The van der Waals surface area contributed by atoms with Gasteiger partial charge in [0.15, 0.2) is 10.2 Å². The summed E-state index contributed by atoms with van der Waals surface area (Å²) in [6.07, 6.45) is 3.54. The molecule has 0 unspecified atom stereocenters. The Labute approximate surface area is 171 Å². The molecule has 0 saturated heterocycles. The van der Waals surface area contributed by atoms with Crippen molar-refractivity contribution in [1.29, 1.82) is 0 Å². The molecule has 0 aliphatic carbocycles. The van der Waals surface area contributed by atoms with Crippen LogP contribution in [0.4, 0.5) is 10.8 Å². The number of carbonyl (C=O) groups excluding carboxylic acids is 2. The van der Waals surface area contributed by atoms with E-state index in [9.17, 15) is 9.59 Å². The largest absolute Gasteiger partial charge is 0.332 e. The zero-order chi connectivity index (χ0) is 19.9. The first-order valence-corrected chi connectivity index (χ1v) is 9.81. The van der Waals surface area contributed by atoms with Crippen LogP contribution in [0, 0.1) is 0 Å². The predicted molar refractivity (Wildman–Crippen MR) is 118 cm³/mol. The third-order valence-electron chi connectivity index (χ3n) is 3.68. The van der Waals surface area contributed by atoms with Crippen molar-refractivity contribution < 1.29 is 9.59 Å². The normalized spacial score (nSPS) is 10.8. The summed E-state index contributed by atoms with van der Waals surface area (Å²) in [7, 11) is 0. The number of amides is 2. The summed E-state index contributed by atoms with van der Waals surface area (Å²) in [6.45, 7) is 1.79. The van der Waals surface area contributed by atoms with Gasteiger partial charge < -0.3 is 10.6 Å². The fourth-order valence-electron chi connectivity index (χ4n) is 2.32. The van der Waals surface area contributed by atoms with Gasteiger partial charge in [-0.1, -0.05) is 48.6 Å². The van der Waals surface area contributed by atoms with Gasteiger partial charge in [0.25, 0.3) is 0 Å². The van der Waals surface area contributed by atoms with Crippen LogP contribution in [0.5, 0.6) is 0 Å². The lowest BCUT2D eigenvalue weighted by Crippen LogP contribution is -2.32. The van der Waals surface area contributed by atoms with Crippen LogP contribution in [0.2, 0.25) is 0 Å². The van der Waals surface area contributed by atoms with Crippen LogP contribution in [0.25, 0.3) is 16.3 Å². The van der Waals surface area contributed by atoms with Gasteiger partial charge in [0, 0.05) is 18.2 Å². The predicted octanol–water partition coefficient (Wildman–Crippen LogP) is 4.17. The summed E-state index contributed by atoms with van der Waals surface area (Å²) in [6, 6.07) is 15.0. The molecule has 1 aromatic heterocycles. The summed E-state index contributed by atoms with van der Waals surface area (Å²) in [5.74, 6) is -0.394. The molecular weight excluding hydrogens is 392 g/mol. The summed E-state index contributed by atoms with van der Waals surface area (Å²) in [4.78, 5) is 27.9. The molecule has 3 aromatic rings. The van der Waals surface area contributed by atoms with Gasteiger partial charge in [-0.25, -0.2) is 4.98 Å². The van der Waals surface area contributed by atoms with E-state index in [1.54, 1.807) is 13.0 Å². The third kappa shape index (κ3) is 5.45. The average molecular weight is 411 g/mol. The number of hydrogen-bond donors (Lipinski definition) is 3. The van der Waals surface area contributed by atoms with Gasteiger partial charge in [0.1, 0.15) is 0 Å². The molecule has 3 rings (SSSR count). The molecule has 0 bridgehead atoms. The highest BCUT2D eigenvalue weighted by atomic mass is 32.1. The van der Waals surface area contributed by atoms with E-state index in [4.69, 9.17) is 12.2 Å². The highest BCUT2D eigenvalue weighted by Crippen LogP contribution is 2.28. The Hall–Kier alpha value is -3.10. The van der Waals surface area contributed by atoms with Crippen LogP contribution in [0.3, 0.4) is 0 Å². The first-order valence-electron chi connectivity index (χ1n) is 8.59. The zero-order valence-electron chi connectivity index (χ0n) is 15.1. The maximum atomic E-state index is 12.0. The van der Waals surface area contributed by atoms with E-state index in [1.165, 1.54) is 17.4 Å². The van der Waals surface area contributed by atoms with E-state index in [0.29, 0.717) is 11.6 Å². The number of benzene rings is 2. The van der Waals surface area contributed by atoms with Crippen molar-refractivity contribution in [2.75, 3.05) is 10.6 Å². The molecule has 0 atom stereocenters. The lowest BCUT2D eigenvalue weighted by molar-refractivity contribution is -0.116. The average Bonchev–Trinajstić information content (AvgIpc) is 3.08. The van der Waals surface area contributed by atoms with Crippen LogP contribution < -0.4 is 16.0 Å². The summed E-state index contributed by atoms with van der Waals surface area (Å²) >= 11 is 6.57. The maximum Gasteiger partial charge on any atom is 0.250 e. The maximum absolute atomic E-state index is 12.0. The number of aromatic nitrogens is 1. The number of carbonyl (C=O) groups is 2. The first-order chi connectivity index (χ1) is 13.5. The monoisotopic (exact) mass is 410 g/mol. The Kier molecular flexibility index (Phi) is 6.46. The second-order valence-corrected chi connectivity index (χ2v) is 7.23. The highest BCUT2D eigenvalue weighted by molar-refractivity contribution is 7.80. The number of thiazole rings is 1. The zero-order valence-corrected chi connectivity index (χ0v) is 16.7. The fourth-order valence-corrected chi connectivity index (χ4v) is 3.46. The van der Waals surface area contributed by atoms with Crippen molar-refractivity contribution in [3.8, 4) is 0 Å². The van der Waals surface area contributed by atoms with Crippen molar-refractivity contribution in [3.05, 3.63) is 60.2 Å². The Morgan fingerprint density at radius 3 is 2.68 bits per heavy atom. The van der Waals surface area contributed by atoms with E-state index in [2.05, 4.69) is 20.9 Å². The van der Waals surface area contributed by atoms with Gasteiger partial charge in [-0.15, -0.1) is 0 Å². The van der Waals surface area contributed by atoms with E-state index < -0.39 is 0 Å².